The Morgan fingerprint density at radius 3 is 3.00 bits per heavy atom. The molecule has 2 atom stereocenters. The Kier molecular flexibility index (Phi) is 2.68. The van der Waals surface area contributed by atoms with Gasteiger partial charge in [0.2, 0.25) is 0 Å². The molecule has 0 radical (unpaired) electrons. The van der Waals surface area contributed by atoms with Crippen molar-refractivity contribution in [3.8, 4) is 0 Å². The van der Waals surface area contributed by atoms with Crippen LogP contribution in [0.2, 0.25) is 0 Å². The summed E-state index contributed by atoms with van der Waals surface area (Å²) >= 11 is 0. The molecule has 2 rings (SSSR count). The van der Waals surface area contributed by atoms with Crippen molar-refractivity contribution < 1.29 is 10.0 Å². The van der Waals surface area contributed by atoms with Crippen LogP contribution in [0.4, 0.5) is 5.69 Å². The van der Waals surface area contributed by atoms with E-state index >= 15 is 0 Å². The highest BCUT2D eigenvalue weighted by Crippen LogP contribution is 2.28. The van der Waals surface area contributed by atoms with Gasteiger partial charge in [0.1, 0.15) is 12.4 Å². The second kappa shape index (κ2) is 3.98. The minimum Gasteiger partial charge on any atom is -0.393 e. The number of aliphatic hydroxyl groups is 1. The van der Waals surface area contributed by atoms with Crippen LogP contribution >= 0.6 is 0 Å². The van der Waals surface area contributed by atoms with Crippen molar-refractivity contribution in [1.29, 1.82) is 0 Å². The highest BCUT2D eigenvalue weighted by atomic mass is 16.6. The molecule has 2 unspecified atom stereocenters. The van der Waals surface area contributed by atoms with Crippen LogP contribution in [0.15, 0.2) is 12.4 Å². The molecule has 82 valence electrons. The van der Waals surface area contributed by atoms with Gasteiger partial charge in [-0.05, 0) is 25.7 Å². The Hall–Kier alpha value is -1.43. The minimum atomic E-state index is -0.456. The summed E-state index contributed by atoms with van der Waals surface area (Å²) in [6, 6.07) is 0.0995. The van der Waals surface area contributed by atoms with Gasteiger partial charge in [0.05, 0.1) is 17.1 Å². The molecule has 1 aromatic rings. The van der Waals surface area contributed by atoms with Crippen LogP contribution in [0.3, 0.4) is 0 Å². The van der Waals surface area contributed by atoms with Crippen molar-refractivity contribution >= 4 is 5.69 Å². The average molecular weight is 211 g/mol. The summed E-state index contributed by atoms with van der Waals surface area (Å²) < 4.78 is 1.60. The maximum atomic E-state index is 10.5. The zero-order chi connectivity index (χ0) is 10.8. The van der Waals surface area contributed by atoms with Crippen molar-refractivity contribution in [3.05, 3.63) is 22.5 Å². The van der Waals surface area contributed by atoms with Crippen LogP contribution in [-0.2, 0) is 0 Å². The lowest BCUT2D eigenvalue weighted by molar-refractivity contribution is -0.385. The number of rotatable bonds is 2. The van der Waals surface area contributed by atoms with Crippen molar-refractivity contribution in [2.24, 2.45) is 0 Å². The van der Waals surface area contributed by atoms with E-state index in [9.17, 15) is 15.2 Å². The van der Waals surface area contributed by atoms with Gasteiger partial charge in [0.25, 0.3) is 0 Å². The van der Waals surface area contributed by atoms with Gasteiger partial charge < -0.3 is 5.11 Å². The minimum absolute atomic E-state index is 0.00932. The zero-order valence-corrected chi connectivity index (χ0v) is 8.24. The molecule has 1 N–H and O–H groups in total. The molecule has 1 saturated carbocycles. The summed E-state index contributed by atoms with van der Waals surface area (Å²) in [6.45, 7) is 0. The molecule has 0 spiro atoms. The number of nitro groups is 1. The predicted octanol–water partition coefficient (Wildman–Crippen LogP) is 1.27. The summed E-state index contributed by atoms with van der Waals surface area (Å²) in [6.07, 6.45) is 5.71. The van der Waals surface area contributed by atoms with E-state index in [2.05, 4.69) is 5.10 Å². The molecular weight excluding hydrogens is 198 g/mol. The molecule has 0 bridgehead atoms. The van der Waals surface area contributed by atoms with Crippen LogP contribution in [0.5, 0.6) is 0 Å². The molecule has 15 heavy (non-hydrogen) atoms. The topological polar surface area (TPSA) is 81.2 Å². The van der Waals surface area contributed by atoms with E-state index in [0.717, 1.165) is 19.3 Å². The smallest absolute Gasteiger partial charge is 0.307 e. The van der Waals surface area contributed by atoms with Gasteiger partial charge in [0, 0.05) is 0 Å². The average Bonchev–Trinajstić information content (AvgIpc) is 2.66. The van der Waals surface area contributed by atoms with E-state index in [-0.39, 0.29) is 17.8 Å². The Balaban J connectivity index is 2.11. The molecule has 1 aromatic heterocycles. The lowest BCUT2D eigenvalue weighted by atomic mass is 9.93. The molecule has 1 aliphatic rings. The fraction of sp³-hybridized carbons (Fsp3) is 0.667. The summed E-state index contributed by atoms with van der Waals surface area (Å²) in [4.78, 5) is 10.0. The predicted molar refractivity (Wildman–Crippen MR) is 52.4 cm³/mol. The standard InChI is InChI=1S/C9H13N3O3/c13-9-3-1-2-7(4-9)11-6-8(5-10-11)12(14)15/h5-7,9,13H,1-4H2. The lowest BCUT2D eigenvalue weighted by Crippen LogP contribution is -2.22. The molecule has 0 aliphatic heterocycles. The molecule has 6 nitrogen and oxygen atoms in total. The summed E-state index contributed by atoms with van der Waals surface area (Å²) in [5, 5.41) is 23.9. The van der Waals surface area contributed by atoms with E-state index in [0.29, 0.717) is 6.42 Å². The van der Waals surface area contributed by atoms with Gasteiger partial charge >= 0.3 is 5.69 Å². The molecule has 1 heterocycles. The number of aliphatic hydroxyl groups excluding tert-OH is 1. The molecule has 1 fully saturated rings. The fourth-order valence-corrected chi connectivity index (χ4v) is 2.00. The van der Waals surface area contributed by atoms with Crippen LogP contribution in [0.25, 0.3) is 0 Å². The highest BCUT2D eigenvalue weighted by molar-refractivity contribution is 5.21. The van der Waals surface area contributed by atoms with Gasteiger partial charge in [-0.1, -0.05) is 0 Å². The van der Waals surface area contributed by atoms with Gasteiger partial charge in [-0.15, -0.1) is 0 Å². The first-order chi connectivity index (χ1) is 7.16. The first-order valence-corrected chi connectivity index (χ1v) is 5.03. The normalized spacial score (nSPS) is 26.5. The van der Waals surface area contributed by atoms with Crippen molar-refractivity contribution in [2.45, 2.75) is 37.8 Å². The number of hydrogen-bond acceptors (Lipinski definition) is 4. The van der Waals surface area contributed by atoms with Crippen molar-refractivity contribution in [3.63, 3.8) is 0 Å². The van der Waals surface area contributed by atoms with Crippen LogP contribution in [-0.4, -0.2) is 25.9 Å². The van der Waals surface area contributed by atoms with Crippen LogP contribution in [0, 0.1) is 10.1 Å². The van der Waals surface area contributed by atoms with Crippen LogP contribution in [0.1, 0.15) is 31.7 Å². The third-order valence-corrected chi connectivity index (χ3v) is 2.79. The number of nitrogens with zero attached hydrogens (tertiary/aromatic N) is 3. The first kappa shape index (κ1) is 10.1. The monoisotopic (exact) mass is 211 g/mol. The van der Waals surface area contributed by atoms with E-state index < -0.39 is 4.92 Å². The Morgan fingerprint density at radius 1 is 1.60 bits per heavy atom. The van der Waals surface area contributed by atoms with Crippen LogP contribution < -0.4 is 0 Å². The Labute approximate surface area is 86.7 Å². The molecule has 1 aliphatic carbocycles. The second-order valence-electron chi connectivity index (χ2n) is 3.91. The molecule has 6 heteroatoms. The quantitative estimate of drug-likeness (QED) is 0.590. The summed E-state index contributed by atoms with van der Waals surface area (Å²) in [7, 11) is 0. The summed E-state index contributed by atoms with van der Waals surface area (Å²) in [5.41, 5.74) is 0.00932. The molecule has 0 aromatic carbocycles. The first-order valence-electron chi connectivity index (χ1n) is 5.03. The maximum Gasteiger partial charge on any atom is 0.307 e. The lowest BCUT2D eigenvalue weighted by Gasteiger charge is -2.25. The van der Waals surface area contributed by atoms with Gasteiger partial charge in [-0.25, -0.2) is 0 Å². The van der Waals surface area contributed by atoms with E-state index in [1.807, 2.05) is 0 Å². The summed E-state index contributed by atoms with van der Waals surface area (Å²) in [5.74, 6) is 0. The van der Waals surface area contributed by atoms with E-state index in [1.165, 1.54) is 12.4 Å². The Bertz CT molecular complexity index is 363. The van der Waals surface area contributed by atoms with Gasteiger partial charge in [0.15, 0.2) is 0 Å². The van der Waals surface area contributed by atoms with E-state index in [1.54, 1.807) is 4.68 Å². The van der Waals surface area contributed by atoms with E-state index in [4.69, 9.17) is 0 Å². The largest absolute Gasteiger partial charge is 0.393 e. The van der Waals surface area contributed by atoms with Crippen molar-refractivity contribution in [1.82, 2.24) is 9.78 Å². The third-order valence-electron chi connectivity index (χ3n) is 2.79. The number of aromatic nitrogens is 2. The zero-order valence-electron chi connectivity index (χ0n) is 8.24. The van der Waals surface area contributed by atoms with Gasteiger partial charge in [-0.3, -0.25) is 14.8 Å². The maximum absolute atomic E-state index is 10.5. The SMILES string of the molecule is O=[N+]([O-])c1cnn(C2CCCC(O)C2)c1. The Morgan fingerprint density at radius 2 is 2.40 bits per heavy atom. The fourth-order valence-electron chi connectivity index (χ4n) is 2.00. The van der Waals surface area contributed by atoms with Gasteiger partial charge in [-0.2, -0.15) is 5.10 Å². The molecule has 0 amide bonds. The van der Waals surface area contributed by atoms with Crippen molar-refractivity contribution in [2.75, 3.05) is 0 Å². The highest BCUT2D eigenvalue weighted by Gasteiger charge is 2.23. The number of hydrogen-bond donors (Lipinski definition) is 1. The third kappa shape index (κ3) is 2.15. The molecule has 0 saturated heterocycles. The second-order valence-corrected chi connectivity index (χ2v) is 3.91. The molecular formula is C9H13N3O3.